The van der Waals surface area contributed by atoms with Gasteiger partial charge in [-0.05, 0) is 6.08 Å². The number of aliphatic hydroxyl groups is 1. The normalized spacial score (nSPS) is 23.1. The third kappa shape index (κ3) is 3.07. The van der Waals surface area contributed by atoms with E-state index in [1.165, 1.54) is 6.20 Å². The molecule has 1 aliphatic heterocycles. The van der Waals surface area contributed by atoms with Gasteiger partial charge in [-0.25, -0.2) is 14.2 Å². The molecular weight excluding hydrogens is 304 g/mol. The molecule has 2 heterocycles. The SMILES string of the molecule is Cc1[c-]cn([C@H]2O[C@@H](CO)C=C2F)c(=O)n1.[Y]. The van der Waals surface area contributed by atoms with Crippen molar-refractivity contribution in [3.8, 4) is 0 Å². The number of hydrogen-bond donors (Lipinski definition) is 1. The molecule has 2 atom stereocenters. The molecule has 89 valence electrons. The molecule has 0 spiro atoms. The van der Waals surface area contributed by atoms with Gasteiger partial charge in [-0.15, -0.1) is 5.69 Å². The zero-order chi connectivity index (χ0) is 11.7. The van der Waals surface area contributed by atoms with Crippen LogP contribution >= 0.6 is 0 Å². The van der Waals surface area contributed by atoms with Gasteiger partial charge in [0.25, 0.3) is 0 Å². The number of aryl methyl sites for hydroxylation is 1. The number of aliphatic hydroxyl groups excluding tert-OH is 1. The van der Waals surface area contributed by atoms with Gasteiger partial charge in [0.1, 0.15) is 11.9 Å². The topological polar surface area (TPSA) is 64.3 Å². The fraction of sp³-hybridized carbons (Fsp3) is 0.400. The number of ether oxygens (including phenoxy) is 1. The Bertz CT molecular complexity index is 489. The first-order chi connectivity index (χ1) is 7.61. The summed E-state index contributed by atoms with van der Waals surface area (Å²) in [6.07, 6.45) is 0.562. The van der Waals surface area contributed by atoms with Crippen LogP contribution in [0.4, 0.5) is 4.39 Å². The van der Waals surface area contributed by atoms with Crippen LogP contribution in [0.25, 0.3) is 0 Å². The Hall–Kier alpha value is -0.426. The average molecular weight is 314 g/mol. The van der Waals surface area contributed by atoms with E-state index in [2.05, 4.69) is 11.1 Å². The molecule has 5 nitrogen and oxygen atoms in total. The number of aromatic nitrogens is 2. The van der Waals surface area contributed by atoms with Crippen molar-refractivity contribution in [3.05, 3.63) is 40.3 Å². The molecule has 1 radical (unpaired) electrons. The number of nitrogens with zero attached hydrogens (tertiary/aromatic N) is 2. The van der Waals surface area contributed by atoms with Crippen LogP contribution in [0.15, 0.2) is 22.9 Å². The van der Waals surface area contributed by atoms with Crippen molar-refractivity contribution >= 4 is 0 Å². The molecule has 1 aliphatic rings. The summed E-state index contributed by atoms with van der Waals surface area (Å²) in [7, 11) is 0. The molecule has 2 rings (SSSR count). The Kier molecular flexibility index (Phi) is 5.12. The van der Waals surface area contributed by atoms with Gasteiger partial charge in [0.05, 0.1) is 6.61 Å². The summed E-state index contributed by atoms with van der Waals surface area (Å²) >= 11 is 0. The molecule has 0 saturated carbocycles. The second kappa shape index (κ2) is 5.95. The number of hydrogen-bond acceptors (Lipinski definition) is 4. The fourth-order valence-electron chi connectivity index (χ4n) is 1.44. The van der Waals surface area contributed by atoms with E-state index in [0.717, 1.165) is 10.6 Å². The summed E-state index contributed by atoms with van der Waals surface area (Å²) < 4.78 is 19.5. The molecule has 0 unspecified atom stereocenters. The molecule has 0 fully saturated rings. The maximum atomic E-state index is 13.4. The Morgan fingerprint density at radius 1 is 1.71 bits per heavy atom. The standard InChI is InChI=1S/C10H10FN2O3.Y/c1-6-2-3-13(10(15)12-6)9-8(11)4-7(5-14)16-9;/h3-4,7,9,14H,5H2,1H3;/q-1;/t7-,9+;/m1./s1. The van der Waals surface area contributed by atoms with E-state index in [1.807, 2.05) is 0 Å². The van der Waals surface area contributed by atoms with Crippen LogP contribution in [0.3, 0.4) is 0 Å². The fourth-order valence-corrected chi connectivity index (χ4v) is 1.44. The maximum absolute atomic E-state index is 13.4. The minimum atomic E-state index is -1.14. The first kappa shape index (κ1) is 14.6. The van der Waals surface area contributed by atoms with E-state index < -0.39 is 23.8 Å². The van der Waals surface area contributed by atoms with Crippen LogP contribution in [0.2, 0.25) is 0 Å². The monoisotopic (exact) mass is 314 g/mol. The van der Waals surface area contributed by atoms with E-state index in [0.29, 0.717) is 5.69 Å². The predicted molar refractivity (Wildman–Crippen MR) is 52.3 cm³/mol. The van der Waals surface area contributed by atoms with Gasteiger partial charge in [-0.1, -0.05) is 6.92 Å². The summed E-state index contributed by atoms with van der Waals surface area (Å²) in [6, 6.07) is 2.69. The zero-order valence-corrected chi connectivity index (χ0v) is 12.0. The minimum absolute atomic E-state index is 0. The van der Waals surface area contributed by atoms with E-state index in [9.17, 15) is 9.18 Å². The molecule has 1 aromatic heterocycles. The first-order valence-electron chi connectivity index (χ1n) is 4.73. The average Bonchev–Trinajstić information content (AvgIpc) is 2.60. The third-order valence-corrected chi connectivity index (χ3v) is 2.21. The summed E-state index contributed by atoms with van der Waals surface area (Å²) in [4.78, 5) is 15.1. The van der Waals surface area contributed by atoms with Gasteiger partial charge in [-0.2, -0.15) is 6.20 Å². The summed E-state index contributed by atoms with van der Waals surface area (Å²) in [5, 5.41) is 8.81. The zero-order valence-electron chi connectivity index (χ0n) is 9.13. The van der Waals surface area contributed by atoms with Crippen molar-refractivity contribution in [1.82, 2.24) is 9.55 Å². The van der Waals surface area contributed by atoms with Crippen molar-refractivity contribution in [1.29, 1.82) is 0 Å². The van der Waals surface area contributed by atoms with Crippen LogP contribution in [0.1, 0.15) is 11.9 Å². The first-order valence-corrected chi connectivity index (χ1v) is 4.73. The summed E-state index contributed by atoms with van der Waals surface area (Å²) in [5.41, 5.74) is -0.175. The molecule has 7 heteroatoms. The molecule has 0 aliphatic carbocycles. The second-order valence-corrected chi connectivity index (χ2v) is 3.42. The summed E-state index contributed by atoms with van der Waals surface area (Å²) in [6.45, 7) is 1.28. The van der Waals surface area contributed by atoms with E-state index in [4.69, 9.17) is 9.84 Å². The molecule has 1 N–H and O–H groups in total. The van der Waals surface area contributed by atoms with Gasteiger partial charge in [0, 0.05) is 32.7 Å². The van der Waals surface area contributed by atoms with Crippen LogP contribution in [0.5, 0.6) is 0 Å². The van der Waals surface area contributed by atoms with E-state index in [-0.39, 0.29) is 39.3 Å². The smallest absolute Gasteiger partial charge is 0.344 e. The van der Waals surface area contributed by atoms with Crippen LogP contribution in [-0.4, -0.2) is 27.4 Å². The molecule has 0 amide bonds. The summed E-state index contributed by atoms with van der Waals surface area (Å²) in [5.74, 6) is -0.611. The number of halogens is 1. The van der Waals surface area contributed by atoms with Crippen molar-refractivity contribution in [3.63, 3.8) is 0 Å². The van der Waals surface area contributed by atoms with Gasteiger partial charge in [0.15, 0.2) is 6.23 Å². The van der Waals surface area contributed by atoms with Crippen LogP contribution in [0, 0.1) is 13.0 Å². The van der Waals surface area contributed by atoms with Gasteiger partial charge in [-0.3, -0.25) is 0 Å². The molecular formula is C10H10FN2O3Y-. The van der Waals surface area contributed by atoms with E-state index in [1.54, 1.807) is 6.92 Å². The van der Waals surface area contributed by atoms with Gasteiger partial charge in [0.2, 0.25) is 0 Å². The molecule has 0 aromatic carbocycles. The maximum Gasteiger partial charge on any atom is 0.344 e. The van der Waals surface area contributed by atoms with Crippen molar-refractivity contribution in [2.45, 2.75) is 19.3 Å². The van der Waals surface area contributed by atoms with Crippen LogP contribution in [-0.2, 0) is 37.4 Å². The van der Waals surface area contributed by atoms with E-state index >= 15 is 0 Å². The van der Waals surface area contributed by atoms with Crippen molar-refractivity contribution < 1.29 is 46.9 Å². The van der Waals surface area contributed by atoms with Crippen molar-refractivity contribution in [2.75, 3.05) is 6.61 Å². The quantitative estimate of drug-likeness (QED) is 0.786. The van der Waals surface area contributed by atoms with Crippen molar-refractivity contribution in [2.24, 2.45) is 0 Å². The second-order valence-electron chi connectivity index (χ2n) is 3.42. The molecule has 0 saturated heterocycles. The van der Waals surface area contributed by atoms with Crippen LogP contribution < -0.4 is 5.69 Å². The predicted octanol–water partition coefficient (Wildman–Crippen LogP) is 0.0925. The Balaban J connectivity index is 0.00000144. The Labute approximate surface area is 122 Å². The largest absolute Gasteiger partial charge is 0.432 e. The van der Waals surface area contributed by atoms with Gasteiger partial charge >= 0.3 is 5.69 Å². The molecule has 0 bridgehead atoms. The third-order valence-electron chi connectivity index (χ3n) is 2.21. The molecule has 1 aromatic rings. The number of rotatable bonds is 2. The Morgan fingerprint density at radius 2 is 2.41 bits per heavy atom. The Morgan fingerprint density at radius 3 is 2.94 bits per heavy atom. The van der Waals surface area contributed by atoms with Gasteiger partial charge < -0.3 is 20.5 Å². The minimum Gasteiger partial charge on any atom is -0.432 e. The molecule has 17 heavy (non-hydrogen) atoms.